The lowest BCUT2D eigenvalue weighted by Crippen LogP contribution is -2.03. The quantitative estimate of drug-likeness (QED) is 0.334. The smallest absolute Gasteiger partial charge is 0.342 e. The Morgan fingerprint density at radius 1 is 1.13 bits per heavy atom. The van der Waals surface area contributed by atoms with Gasteiger partial charge in [0.2, 0.25) is 5.88 Å². The van der Waals surface area contributed by atoms with Crippen LogP contribution < -0.4 is 5.32 Å². The number of oxazole rings is 1. The molecule has 9 heteroatoms. The van der Waals surface area contributed by atoms with Crippen molar-refractivity contribution < 1.29 is 18.4 Å². The van der Waals surface area contributed by atoms with Gasteiger partial charge in [0.15, 0.2) is 5.58 Å². The van der Waals surface area contributed by atoms with Gasteiger partial charge in [-0.05, 0) is 37.3 Å². The molecule has 5 aromatic rings. The minimum atomic E-state index is -0.511. The average molecular weight is 440 g/mol. The number of furan rings is 1. The van der Waals surface area contributed by atoms with Crippen molar-refractivity contribution in [1.29, 1.82) is 0 Å². The molecule has 0 aliphatic heterocycles. The van der Waals surface area contributed by atoms with E-state index in [0.29, 0.717) is 43.9 Å². The van der Waals surface area contributed by atoms with Crippen molar-refractivity contribution in [2.24, 2.45) is 0 Å². The first-order chi connectivity index (χ1) is 14.5. The van der Waals surface area contributed by atoms with Crippen LogP contribution in [0.15, 0.2) is 51.3 Å². The van der Waals surface area contributed by atoms with Crippen LogP contribution >= 0.6 is 22.9 Å². The van der Waals surface area contributed by atoms with Crippen molar-refractivity contribution in [3.05, 3.63) is 58.8 Å². The molecule has 0 saturated carbocycles. The monoisotopic (exact) mass is 439 g/mol. The summed E-state index contributed by atoms with van der Waals surface area (Å²) in [4.78, 5) is 21.6. The number of benzene rings is 2. The molecular weight excluding hydrogens is 426 g/mol. The van der Waals surface area contributed by atoms with E-state index in [-0.39, 0.29) is 6.01 Å². The van der Waals surface area contributed by atoms with E-state index in [1.807, 2.05) is 24.3 Å². The predicted octanol–water partition coefficient (Wildman–Crippen LogP) is 6.19. The van der Waals surface area contributed by atoms with Crippen LogP contribution in [0.3, 0.4) is 0 Å². The molecule has 0 bridgehead atoms. The van der Waals surface area contributed by atoms with E-state index in [1.165, 1.54) is 18.4 Å². The first kappa shape index (κ1) is 18.7. The SMILES string of the molecule is COC(=O)c1c(C)oc(Nc2nc3cc(Cl)ccc3o2)c1-c1nc2ccccc2s1. The summed E-state index contributed by atoms with van der Waals surface area (Å²) >= 11 is 7.48. The number of ether oxygens (including phenoxy) is 1. The second-order valence-corrected chi connectivity index (χ2v) is 7.94. The highest BCUT2D eigenvalue weighted by Gasteiger charge is 2.28. The molecule has 0 atom stereocenters. The van der Waals surface area contributed by atoms with Crippen molar-refractivity contribution in [3.8, 4) is 10.6 Å². The fraction of sp³-hybridized carbons (Fsp3) is 0.0952. The number of methoxy groups -OCH3 is 1. The summed E-state index contributed by atoms with van der Waals surface area (Å²) in [5.74, 6) is 0.185. The van der Waals surface area contributed by atoms with Gasteiger partial charge in [0.05, 0.1) is 22.9 Å². The molecule has 0 unspecified atom stereocenters. The van der Waals surface area contributed by atoms with Crippen LogP contribution in [-0.4, -0.2) is 23.0 Å². The molecular formula is C21H14ClN3O4S. The molecule has 150 valence electrons. The Morgan fingerprint density at radius 3 is 2.77 bits per heavy atom. The lowest BCUT2D eigenvalue weighted by Gasteiger charge is -2.02. The number of fused-ring (bicyclic) bond motifs is 2. The van der Waals surface area contributed by atoms with Crippen LogP contribution in [0.25, 0.3) is 31.9 Å². The average Bonchev–Trinajstić information content (AvgIpc) is 3.41. The summed E-state index contributed by atoms with van der Waals surface area (Å²) in [6, 6.07) is 13.1. The summed E-state index contributed by atoms with van der Waals surface area (Å²) in [5.41, 5.74) is 2.80. The number of nitrogens with one attached hydrogen (secondary N) is 1. The molecule has 1 N–H and O–H groups in total. The van der Waals surface area contributed by atoms with Gasteiger partial charge < -0.3 is 13.6 Å². The Balaban J connectivity index is 1.66. The third-order valence-corrected chi connectivity index (χ3v) is 5.84. The Hall–Kier alpha value is -3.36. The van der Waals surface area contributed by atoms with Crippen LogP contribution in [-0.2, 0) is 4.74 Å². The number of halogens is 1. The number of anilines is 2. The van der Waals surface area contributed by atoms with Crippen LogP contribution in [0.5, 0.6) is 0 Å². The Morgan fingerprint density at radius 2 is 1.97 bits per heavy atom. The molecule has 0 fully saturated rings. The number of nitrogens with zero attached hydrogens (tertiary/aromatic N) is 2. The number of hydrogen-bond donors (Lipinski definition) is 1. The zero-order chi connectivity index (χ0) is 20.8. The highest BCUT2D eigenvalue weighted by atomic mass is 35.5. The van der Waals surface area contributed by atoms with Gasteiger partial charge in [-0.25, -0.2) is 9.78 Å². The van der Waals surface area contributed by atoms with Crippen molar-refractivity contribution in [2.75, 3.05) is 12.4 Å². The highest BCUT2D eigenvalue weighted by Crippen LogP contribution is 2.41. The maximum absolute atomic E-state index is 12.5. The number of aromatic nitrogens is 2. The van der Waals surface area contributed by atoms with Crippen molar-refractivity contribution >= 4 is 62.1 Å². The maximum atomic E-state index is 12.5. The predicted molar refractivity (Wildman–Crippen MR) is 116 cm³/mol. The largest absolute Gasteiger partial charge is 0.465 e. The molecule has 0 spiro atoms. The zero-order valence-electron chi connectivity index (χ0n) is 15.9. The summed E-state index contributed by atoms with van der Waals surface area (Å²) in [5, 5.41) is 4.21. The number of esters is 1. The molecule has 7 nitrogen and oxygen atoms in total. The van der Waals surface area contributed by atoms with Gasteiger partial charge in [0.25, 0.3) is 0 Å². The van der Waals surface area contributed by atoms with Crippen molar-refractivity contribution in [1.82, 2.24) is 9.97 Å². The van der Waals surface area contributed by atoms with E-state index in [4.69, 9.17) is 25.2 Å². The first-order valence-corrected chi connectivity index (χ1v) is 10.1. The molecule has 3 heterocycles. The van der Waals surface area contributed by atoms with Gasteiger partial charge in [-0.2, -0.15) is 4.98 Å². The normalized spacial score (nSPS) is 11.3. The number of carbonyl (C=O) groups is 1. The fourth-order valence-corrected chi connectivity index (χ4v) is 4.40. The Bertz CT molecular complexity index is 1390. The molecule has 0 saturated heterocycles. The third-order valence-electron chi connectivity index (χ3n) is 4.55. The van der Waals surface area contributed by atoms with Gasteiger partial charge in [0, 0.05) is 5.02 Å². The topological polar surface area (TPSA) is 90.4 Å². The van der Waals surface area contributed by atoms with Gasteiger partial charge >= 0.3 is 12.0 Å². The maximum Gasteiger partial charge on any atom is 0.342 e. The van der Waals surface area contributed by atoms with Gasteiger partial charge in [-0.1, -0.05) is 23.7 Å². The van der Waals surface area contributed by atoms with Gasteiger partial charge in [0.1, 0.15) is 21.8 Å². The van der Waals surface area contributed by atoms with Crippen LogP contribution in [0.1, 0.15) is 16.1 Å². The minimum absolute atomic E-state index is 0.208. The Kier molecular flexibility index (Phi) is 4.45. The molecule has 0 aliphatic rings. The van der Waals surface area contributed by atoms with E-state index in [1.54, 1.807) is 25.1 Å². The van der Waals surface area contributed by atoms with Gasteiger partial charge in [-0.3, -0.25) is 5.32 Å². The van der Waals surface area contributed by atoms with Crippen molar-refractivity contribution in [3.63, 3.8) is 0 Å². The fourth-order valence-electron chi connectivity index (χ4n) is 3.21. The van der Waals surface area contributed by atoms with E-state index in [2.05, 4.69) is 15.3 Å². The lowest BCUT2D eigenvalue weighted by molar-refractivity contribution is 0.0599. The number of para-hydroxylation sites is 1. The molecule has 3 aromatic heterocycles. The molecule has 0 aliphatic carbocycles. The lowest BCUT2D eigenvalue weighted by atomic mass is 10.1. The van der Waals surface area contributed by atoms with E-state index < -0.39 is 5.97 Å². The van der Waals surface area contributed by atoms with Gasteiger partial charge in [-0.15, -0.1) is 11.3 Å². The zero-order valence-corrected chi connectivity index (χ0v) is 17.4. The second-order valence-electron chi connectivity index (χ2n) is 6.47. The summed E-state index contributed by atoms with van der Waals surface area (Å²) in [6.45, 7) is 1.69. The standard InChI is InChI=1S/C21H14ClN3O4S/c1-10-16(20(26)27-2)17(19-23-12-5-3-4-6-15(12)30-19)18(28-10)25-21-24-13-9-11(22)7-8-14(13)29-21/h3-9H,1-2H3,(H,24,25). The summed E-state index contributed by atoms with van der Waals surface area (Å²) < 4.78 is 17.6. The van der Waals surface area contributed by atoms with Crippen LogP contribution in [0.2, 0.25) is 5.02 Å². The molecule has 0 radical (unpaired) electrons. The van der Waals surface area contributed by atoms with E-state index in [9.17, 15) is 4.79 Å². The minimum Gasteiger partial charge on any atom is -0.465 e. The third kappa shape index (κ3) is 3.10. The number of carbonyl (C=O) groups excluding carboxylic acids is 1. The second kappa shape index (κ2) is 7.16. The van der Waals surface area contributed by atoms with Crippen LogP contribution in [0, 0.1) is 6.92 Å². The van der Waals surface area contributed by atoms with E-state index in [0.717, 1.165) is 10.2 Å². The number of rotatable bonds is 4. The molecule has 2 aromatic carbocycles. The number of thiazole rings is 1. The Labute approximate surface area is 179 Å². The summed E-state index contributed by atoms with van der Waals surface area (Å²) in [6.07, 6.45) is 0. The first-order valence-electron chi connectivity index (χ1n) is 8.94. The van der Waals surface area contributed by atoms with Crippen molar-refractivity contribution in [2.45, 2.75) is 6.92 Å². The van der Waals surface area contributed by atoms with Crippen LogP contribution in [0.4, 0.5) is 11.9 Å². The summed E-state index contributed by atoms with van der Waals surface area (Å²) in [7, 11) is 1.33. The van der Waals surface area contributed by atoms with E-state index >= 15 is 0 Å². The molecule has 5 rings (SSSR count). The molecule has 0 amide bonds. The molecule has 30 heavy (non-hydrogen) atoms. The highest BCUT2D eigenvalue weighted by molar-refractivity contribution is 7.21. The number of hydrogen-bond acceptors (Lipinski definition) is 8. The number of aryl methyl sites for hydroxylation is 1.